The first kappa shape index (κ1) is 22.4. The van der Waals surface area contributed by atoms with E-state index in [2.05, 4.69) is 5.32 Å². The van der Waals surface area contributed by atoms with E-state index in [-0.39, 0.29) is 28.4 Å². The summed E-state index contributed by atoms with van der Waals surface area (Å²) in [7, 11) is 6.61. The van der Waals surface area contributed by atoms with Gasteiger partial charge in [0.1, 0.15) is 5.56 Å². The maximum Gasteiger partial charge on any atom is 0.342 e. The van der Waals surface area contributed by atoms with E-state index in [9.17, 15) is 9.59 Å². The lowest BCUT2D eigenvalue weighted by Crippen LogP contribution is -2.25. The van der Waals surface area contributed by atoms with Crippen LogP contribution in [0.25, 0.3) is 0 Å². The van der Waals surface area contributed by atoms with Crippen LogP contribution in [0, 0.1) is 11.3 Å². The third-order valence-corrected chi connectivity index (χ3v) is 4.32. The Bertz CT molecular complexity index is 965. The highest BCUT2D eigenvalue weighted by molar-refractivity contribution is 5.98. The second-order valence-corrected chi connectivity index (χ2v) is 5.89. The van der Waals surface area contributed by atoms with E-state index in [4.69, 9.17) is 28.9 Å². The van der Waals surface area contributed by atoms with Gasteiger partial charge in [0.25, 0.3) is 0 Å². The molecule has 1 unspecified atom stereocenters. The molecule has 9 nitrogen and oxygen atoms in total. The molecular formula is C21H22N2O7. The Balaban J connectivity index is 2.73. The van der Waals surface area contributed by atoms with Crippen molar-refractivity contribution in [2.45, 2.75) is 6.04 Å². The first-order valence-electron chi connectivity index (χ1n) is 8.71. The van der Waals surface area contributed by atoms with Crippen molar-refractivity contribution in [2.24, 2.45) is 0 Å². The number of carbonyl (C=O) groups excluding carboxylic acids is 2. The molecular weight excluding hydrogens is 392 g/mol. The van der Waals surface area contributed by atoms with Crippen molar-refractivity contribution in [2.75, 3.05) is 40.9 Å². The van der Waals surface area contributed by atoms with Crippen molar-refractivity contribution in [1.29, 1.82) is 5.26 Å². The van der Waals surface area contributed by atoms with E-state index < -0.39 is 18.0 Å². The molecule has 0 aliphatic rings. The Morgan fingerprint density at radius 2 is 1.57 bits per heavy atom. The molecule has 2 aromatic rings. The topological polar surface area (TPSA) is 116 Å². The molecule has 0 saturated heterocycles. The predicted molar refractivity (Wildman–Crippen MR) is 107 cm³/mol. The van der Waals surface area contributed by atoms with E-state index in [0.717, 1.165) is 0 Å². The summed E-state index contributed by atoms with van der Waals surface area (Å²) in [6.07, 6.45) is 0. The van der Waals surface area contributed by atoms with Gasteiger partial charge in [0.05, 0.1) is 47.2 Å². The second kappa shape index (κ2) is 10.0. The fraction of sp³-hybridized carbons (Fsp3) is 0.286. The number of ether oxygens (including phenoxy) is 5. The van der Waals surface area contributed by atoms with Crippen molar-refractivity contribution in [3.05, 3.63) is 47.0 Å². The summed E-state index contributed by atoms with van der Waals surface area (Å²) in [4.78, 5) is 25.3. The van der Waals surface area contributed by atoms with Gasteiger partial charge in [-0.15, -0.1) is 0 Å². The summed E-state index contributed by atoms with van der Waals surface area (Å²) < 4.78 is 25.9. The molecule has 9 heteroatoms. The van der Waals surface area contributed by atoms with Gasteiger partial charge in [-0.05, 0) is 30.3 Å². The minimum Gasteiger partial charge on any atom is -0.493 e. The fourth-order valence-corrected chi connectivity index (χ4v) is 2.90. The molecule has 0 aliphatic heterocycles. The fourth-order valence-electron chi connectivity index (χ4n) is 2.90. The standard InChI is InChI=1S/C21H22N2O7/c1-26-15-10-14(16(20(24)29-4)19(28-3)18(15)27-2)17(21(25)30-5)23-13-8-6-12(11-22)7-9-13/h6-10,17,23H,1-5H3. The molecule has 2 aromatic carbocycles. The molecule has 1 atom stereocenters. The lowest BCUT2D eigenvalue weighted by Gasteiger charge is -2.24. The molecule has 0 spiro atoms. The highest BCUT2D eigenvalue weighted by Crippen LogP contribution is 2.44. The Morgan fingerprint density at radius 1 is 0.933 bits per heavy atom. The largest absolute Gasteiger partial charge is 0.493 e. The first-order valence-corrected chi connectivity index (χ1v) is 8.71. The van der Waals surface area contributed by atoms with Crippen LogP contribution in [0.4, 0.5) is 5.69 Å². The van der Waals surface area contributed by atoms with Crippen molar-refractivity contribution in [3.8, 4) is 23.3 Å². The zero-order valence-corrected chi connectivity index (χ0v) is 17.3. The zero-order chi connectivity index (χ0) is 22.3. The number of nitrogens with zero attached hydrogens (tertiary/aromatic N) is 1. The number of carbonyl (C=O) groups is 2. The maximum atomic E-state index is 12.7. The van der Waals surface area contributed by atoms with Gasteiger partial charge >= 0.3 is 11.9 Å². The monoisotopic (exact) mass is 414 g/mol. The summed E-state index contributed by atoms with van der Waals surface area (Å²) in [5, 5.41) is 12.0. The molecule has 2 rings (SSSR count). The zero-order valence-electron chi connectivity index (χ0n) is 17.3. The number of nitriles is 1. The summed E-state index contributed by atoms with van der Waals surface area (Å²) in [5.41, 5.74) is 1.16. The lowest BCUT2D eigenvalue weighted by molar-refractivity contribution is -0.141. The molecule has 0 bridgehead atoms. The molecule has 1 N–H and O–H groups in total. The quantitative estimate of drug-likeness (QED) is 0.651. The lowest BCUT2D eigenvalue weighted by atomic mass is 9.97. The number of hydrogen-bond donors (Lipinski definition) is 1. The van der Waals surface area contributed by atoms with Crippen LogP contribution < -0.4 is 19.5 Å². The first-order chi connectivity index (χ1) is 14.4. The Morgan fingerprint density at radius 3 is 2.03 bits per heavy atom. The van der Waals surface area contributed by atoms with E-state index >= 15 is 0 Å². The smallest absolute Gasteiger partial charge is 0.342 e. The highest BCUT2D eigenvalue weighted by Gasteiger charge is 2.33. The second-order valence-electron chi connectivity index (χ2n) is 5.89. The highest BCUT2D eigenvalue weighted by atomic mass is 16.5. The van der Waals surface area contributed by atoms with Crippen LogP contribution in [0.1, 0.15) is 27.5 Å². The molecule has 0 radical (unpaired) electrons. The van der Waals surface area contributed by atoms with Gasteiger partial charge in [-0.3, -0.25) is 0 Å². The van der Waals surface area contributed by atoms with Gasteiger partial charge < -0.3 is 29.0 Å². The molecule has 0 fully saturated rings. The molecule has 0 amide bonds. The van der Waals surface area contributed by atoms with Gasteiger partial charge in [0, 0.05) is 11.3 Å². The van der Waals surface area contributed by atoms with Crippen molar-refractivity contribution >= 4 is 17.6 Å². The van der Waals surface area contributed by atoms with Gasteiger partial charge in [0.2, 0.25) is 5.75 Å². The molecule has 30 heavy (non-hydrogen) atoms. The summed E-state index contributed by atoms with van der Waals surface area (Å²) in [6.45, 7) is 0. The minimum absolute atomic E-state index is 0.0193. The molecule has 0 saturated carbocycles. The summed E-state index contributed by atoms with van der Waals surface area (Å²) >= 11 is 0. The van der Waals surface area contributed by atoms with Crippen LogP contribution in [0.15, 0.2) is 30.3 Å². The van der Waals surface area contributed by atoms with Crippen LogP contribution >= 0.6 is 0 Å². The normalized spacial score (nSPS) is 10.9. The number of nitrogens with one attached hydrogen (secondary N) is 1. The number of anilines is 1. The average Bonchev–Trinajstić information content (AvgIpc) is 2.80. The molecule has 0 aliphatic carbocycles. The van der Waals surface area contributed by atoms with E-state index in [1.54, 1.807) is 24.3 Å². The van der Waals surface area contributed by atoms with Crippen LogP contribution in [0.3, 0.4) is 0 Å². The van der Waals surface area contributed by atoms with Gasteiger partial charge in [-0.25, -0.2) is 9.59 Å². The summed E-state index contributed by atoms with van der Waals surface area (Å²) in [5.74, 6) is -0.940. The summed E-state index contributed by atoms with van der Waals surface area (Å²) in [6, 6.07) is 8.82. The number of benzene rings is 2. The van der Waals surface area contributed by atoms with Gasteiger partial charge in [-0.2, -0.15) is 5.26 Å². The van der Waals surface area contributed by atoms with Crippen molar-refractivity contribution in [3.63, 3.8) is 0 Å². The third kappa shape index (κ3) is 4.38. The predicted octanol–water partition coefficient (Wildman–Crippen LogP) is 2.70. The number of rotatable bonds is 8. The SMILES string of the molecule is COC(=O)c1c(C(Nc2ccc(C#N)cc2)C(=O)OC)cc(OC)c(OC)c1OC. The van der Waals surface area contributed by atoms with Crippen molar-refractivity contribution < 1.29 is 33.3 Å². The van der Waals surface area contributed by atoms with E-state index in [1.165, 1.54) is 41.6 Å². The average molecular weight is 414 g/mol. The minimum atomic E-state index is -1.12. The van der Waals surface area contributed by atoms with Crippen molar-refractivity contribution in [1.82, 2.24) is 0 Å². The molecule has 158 valence electrons. The number of methoxy groups -OCH3 is 5. The Hall–Kier alpha value is -3.93. The van der Waals surface area contributed by atoms with Crippen LogP contribution in [-0.2, 0) is 14.3 Å². The molecule has 0 heterocycles. The Kier molecular flexibility index (Phi) is 7.47. The van der Waals surface area contributed by atoms with Gasteiger partial charge in [0.15, 0.2) is 17.5 Å². The van der Waals surface area contributed by atoms with Crippen LogP contribution in [-0.4, -0.2) is 47.5 Å². The van der Waals surface area contributed by atoms with Gasteiger partial charge in [-0.1, -0.05) is 0 Å². The third-order valence-electron chi connectivity index (χ3n) is 4.32. The molecule has 0 aromatic heterocycles. The number of esters is 2. The maximum absolute atomic E-state index is 12.7. The number of hydrogen-bond acceptors (Lipinski definition) is 9. The van der Waals surface area contributed by atoms with E-state index in [1.807, 2.05) is 6.07 Å². The Labute approximate surface area is 174 Å². The van der Waals surface area contributed by atoms with Crippen LogP contribution in [0.2, 0.25) is 0 Å². The van der Waals surface area contributed by atoms with Crippen LogP contribution in [0.5, 0.6) is 17.2 Å². The van der Waals surface area contributed by atoms with E-state index in [0.29, 0.717) is 11.3 Å².